The number of aromatic nitrogens is 1. The number of ether oxygens (including phenoxy) is 1. The summed E-state index contributed by atoms with van der Waals surface area (Å²) in [5.74, 6) is 0.847. The van der Waals surface area contributed by atoms with Crippen molar-refractivity contribution in [3.05, 3.63) is 24.4 Å². The minimum Gasteiger partial charge on any atom is -0.465 e. The average molecular weight is 296 g/mol. The highest BCUT2D eigenvalue weighted by molar-refractivity contribution is 7.99. The summed E-state index contributed by atoms with van der Waals surface area (Å²) < 4.78 is 5.11. The van der Waals surface area contributed by atoms with E-state index in [1.54, 1.807) is 25.0 Å². The summed E-state index contributed by atoms with van der Waals surface area (Å²) in [5.41, 5.74) is -0.578. The summed E-state index contributed by atoms with van der Waals surface area (Å²) in [6.45, 7) is 4.15. The zero-order valence-corrected chi connectivity index (χ0v) is 13.3. The highest BCUT2D eigenvalue weighted by atomic mass is 32.2. The number of carbonyl (C=O) groups is 1. The first-order valence-electron chi connectivity index (χ1n) is 7.02. The van der Waals surface area contributed by atoms with E-state index in [9.17, 15) is 4.79 Å². The van der Waals surface area contributed by atoms with E-state index in [0.29, 0.717) is 6.61 Å². The lowest BCUT2D eigenvalue weighted by Gasteiger charge is -2.26. The molecule has 1 N–H and O–H groups in total. The molecule has 0 fully saturated rings. The number of rotatable bonds is 9. The maximum atomic E-state index is 11.9. The first-order chi connectivity index (χ1) is 9.62. The number of nitrogens with one attached hydrogen (secondary N) is 1. The fourth-order valence-corrected chi connectivity index (χ4v) is 2.68. The van der Waals surface area contributed by atoms with Gasteiger partial charge in [-0.05, 0) is 51.6 Å². The zero-order chi connectivity index (χ0) is 14.8. The summed E-state index contributed by atoms with van der Waals surface area (Å²) >= 11 is 1.75. The van der Waals surface area contributed by atoms with Gasteiger partial charge in [0.2, 0.25) is 0 Å². The molecule has 1 unspecified atom stereocenters. The van der Waals surface area contributed by atoms with Gasteiger partial charge in [-0.15, -0.1) is 11.8 Å². The molecule has 0 aromatic carbocycles. The Morgan fingerprint density at radius 2 is 2.25 bits per heavy atom. The highest BCUT2D eigenvalue weighted by Gasteiger charge is 2.32. The molecular weight excluding hydrogens is 272 g/mol. The van der Waals surface area contributed by atoms with Crippen molar-refractivity contribution in [3.8, 4) is 0 Å². The minimum absolute atomic E-state index is 0.167. The quantitative estimate of drug-likeness (QED) is 0.431. The van der Waals surface area contributed by atoms with E-state index in [2.05, 4.69) is 10.3 Å². The molecule has 1 aromatic heterocycles. The number of likely N-dealkylation sites (N-methyl/N-ethyl adjacent to an activating group) is 1. The van der Waals surface area contributed by atoms with Crippen LogP contribution in [-0.2, 0) is 9.53 Å². The number of unbranched alkanes of at least 4 members (excludes halogenated alkanes) is 1. The molecule has 0 radical (unpaired) electrons. The second kappa shape index (κ2) is 8.97. The van der Waals surface area contributed by atoms with Crippen LogP contribution in [0.1, 0.15) is 33.1 Å². The SMILES string of the molecule is CCOC(=O)C(C)(CCCCSc1ccccn1)NC. The largest absolute Gasteiger partial charge is 0.465 e. The van der Waals surface area contributed by atoms with Crippen LogP contribution in [0.2, 0.25) is 0 Å². The van der Waals surface area contributed by atoms with Gasteiger partial charge in [-0.2, -0.15) is 0 Å². The number of esters is 1. The first-order valence-corrected chi connectivity index (χ1v) is 8.01. The van der Waals surface area contributed by atoms with Crippen LogP contribution in [0.25, 0.3) is 0 Å². The number of nitrogens with zero attached hydrogens (tertiary/aromatic N) is 1. The number of pyridine rings is 1. The van der Waals surface area contributed by atoms with Gasteiger partial charge in [-0.3, -0.25) is 4.79 Å². The molecule has 5 heteroatoms. The predicted octanol–water partition coefficient (Wildman–Crippen LogP) is 2.89. The highest BCUT2D eigenvalue weighted by Crippen LogP contribution is 2.20. The van der Waals surface area contributed by atoms with E-state index in [1.807, 2.05) is 32.0 Å². The second-order valence-electron chi connectivity index (χ2n) is 4.78. The Morgan fingerprint density at radius 3 is 2.85 bits per heavy atom. The van der Waals surface area contributed by atoms with Gasteiger partial charge in [0.25, 0.3) is 0 Å². The predicted molar refractivity (Wildman–Crippen MR) is 82.9 cm³/mol. The van der Waals surface area contributed by atoms with Crippen LogP contribution >= 0.6 is 11.8 Å². The molecule has 1 rings (SSSR count). The Hall–Kier alpha value is -1.07. The van der Waals surface area contributed by atoms with Crippen molar-refractivity contribution in [1.29, 1.82) is 0 Å². The van der Waals surface area contributed by atoms with E-state index in [4.69, 9.17) is 4.74 Å². The molecule has 112 valence electrons. The Bertz CT molecular complexity index is 400. The third-order valence-electron chi connectivity index (χ3n) is 3.24. The van der Waals surface area contributed by atoms with Crippen molar-refractivity contribution in [2.45, 2.75) is 43.7 Å². The topological polar surface area (TPSA) is 51.2 Å². The Balaban J connectivity index is 2.26. The molecule has 1 heterocycles. The van der Waals surface area contributed by atoms with Crippen molar-refractivity contribution in [1.82, 2.24) is 10.3 Å². The van der Waals surface area contributed by atoms with Gasteiger partial charge in [-0.25, -0.2) is 4.98 Å². The van der Waals surface area contributed by atoms with Gasteiger partial charge in [0.1, 0.15) is 5.54 Å². The van der Waals surface area contributed by atoms with Gasteiger partial charge in [0.15, 0.2) is 0 Å². The third-order valence-corrected chi connectivity index (χ3v) is 4.27. The Kier molecular flexibility index (Phi) is 7.62. The van der Waals surface area contributed by atoms with E-state index in [-0.39, 0.29) is 5.97 Å². The summed E-state index contributed by atoms with van der Waals surface area (Å²) in [5, 5.41) is 4.13. The van der Waals surface area contributed by atoms with Crippen LogP contribution in [0.5, 0.6) is 0 Å². The smallest absolute Gasteiger partial charge is 0.326 e. The summed E-state index contributed by atoms with van der Waals surface area (Å²) in [6, 6.07) is 5.93. The van der Waals surface area contributed by atoms with E-state index < -0.39 is 5.54 Å². The van der Waals surface area contributed by atoms with Gasteiger partial charge >= 0.3 is 5.97 Å². The van der Waals surface area contributed by atoms with Crippen LogP contribution < -0.4 is 5.32 Å². The van der Waals surface area contributed by atoms with Crippen LogP contribution in [0.15, 0.2) is 29.4 Å². The molecule has 0 saturated heterocycles. The summed E-state index contributed by atoms with van der Waals surface area (Å²) in [7, 11) is 1.81. The molecule has 4 nitrogen and oxygen atoms in total. The molecule has 0 saturated carbocycles. The number of hydrogen-bond donors (Lipinski definition) is 1. The van der Waals surface area contributed by atoms with Gasteiger partial charge in [0, 0.05) is 6.20 Å². The Morgan fingerprint density at radius 1 is 1.45 bits per heavy atom. The fourth-order valence-electron chi connectivity index (χ4n) is 1.81. The van der Waals surface area contributed by atoms with Crippen molar-refractivity contribution in [3.63, 3.8) is 0 Å². The van der Waals surface area contributed by atoms with E-state index >= 15 is 0 Å². The van der Waals surface area contributed by atoms with Crippen molar-refractivity contribution in [2.75, 3.05) is 19.4 Å². The molecule has 0 aliphatic heterocycles. The summed E-state index contributed by atoms with van der Waals surface area (Å²) in [4.78, 5) is 16.2. The van der Waals surface area contributed by atoms with Crippen LogP contribution in [0.3, 0.4) is 0 Å². The van der Waals surface area contributed by atoms with Gasteiger partial charge < -0.3 is 10.1 Å². The van der Waals surface area contributed by atoms with Crippen molar-refractivity contribution in [2.24, 2.45) is 0 Å². The zero-order valence-electron chi connectivity index (χ0n) is 12.5. The number of thioether (sulfide) groups is 1. The van der Waals surface area contributed by atoms with Gasteiger partial charge in [-0.1, -0.05) is 12.5 Å². The lowest BCUT2D eigenvalue weighted by atomic mass is 9.95. The molecular formula is C15H24N2O2S. The maximum Gasteiger partial charge on any atom is 0.326 e. The molecule has 0 bridgehead atoms. The normalized spacial score (nSPS) is 13.8. The average Bonchev–Trinajstić information content (AvgIpc) is 2.48. The second-order valence-corrected chi connectivity index (χ2v) is 5.89. The van der Waals surface area contributed by atoms with E-state index in [0.717, 1.165) is 30.0 Å². The van der Waals surface area contributed by atoms with Crippen LogP contribution in [-0.4, -0.2) is 35.9 Å². The lowest BCUT2D eigenvalue weighted by molar-refractivity contribution is -0.150. The monoisotopic (exact) mass is 296 g/mol. The molecule has 0 aliphatic carbocycles. The molecule has 1 atom stereocenters. The molecule has 1 aromatic rings. The maximum absolute atomic E-state index is 11.9. The third kappa shape index (κ3) is 5.51. The Labute approximate surface area is 125 Å². The minimum atomic E-state index is -0.578. The van der Waals surface area contributed by atoms with E-state index in [1.165, 1.54) is 0 Å². The first kappa shape index (κ1) is 17.0. The summed E-state index contributed by atoms with van der Waals surface area (Å²) in [6.07, 6.45) is 4.63. The molecule has 0 amide bonds. The van der Waals surface area contributed by atoms with Crippen LogP contribution in [0, 0.1) is 0 Å². The van der Waals surface area contributed by atoms with Crippen LogP contribution in [0.4, 0.5) is 0 Å². The fraction of sp³-hybridized carbons (Fsp3) is 0.600. The molecule has 0 spiro atoms. The van der Waals surface area contributed by atoms with Gasteiger partial charge in [0.05, 0.1) is 11.6 Å². The van der Waals surface area contributed by atoms with Crippen molar-refractivity contribution >= 4 is 17.7 Å². The lowest BCUT2D eigenvalue weighted by Crippen LogP contribution is -2.48. The molecule has 20 heavy (non-hydrogen) atoms. The number of hydrogen-bond acceptors (Lipinski definition) is 5. The standard InChI is InChI=1S/C15H24N2O2S/c1-4-19-14(18)15(2,16-3)10-6-8-12-20-13-9-5-7-11-17-13/h5,7,9,11,16H,4,6,8,10,12H2,1-3H3. The number of carbonyl (C=O) groups excluding carboxylic acids is 1. The van der Waals surface area contributed by atoms with Crippen molar-refractivity contribution < 1.29 is 9.53 Å². The molecule has 0 aliphatic rings.